The minimum atomic E-state index is -0.0350. The maximum Gasteiger partial charge on any atom is 0.0695 e. The first-order valence-corrected chi connectivity index (χ1v) is 5.73. The van der Waals surface area contributed by atoms with Gasteiger partial charge in [-0.3, -0.25) is 4.90 Å². The van der Waals surface area contributed by atoms with E-state index in [9.17, 15) is 5.11 Å². The zero-order valence-electron chi connectivity index (χ0n) is 8.58. The number of hydrogen-bond donors (Lipinski definition) is 1. The second kappa shape index (κ2) is 3.97. The number of likely N-dealkylation sites (tertiary alicyclic amines) is 1. The second-order valence-corrected chi connectivity index (χ2v) is 4.60. The summed E-state index contributed by atoms with van der Waals surface area (Å²) < 4.78 is 0. The summed E-state index contributed by atoms with van der Waals surface area (Å²) in [4.78, 5) is 2.49. The molecule has 2 nitrogen and oxygen atoms in total. The topological polar surface area (TPSA) is 23.5 Å². The van der Waals surface area contributed by atoms with Gasteiger partial charge in [0.05, 0.1) is 6.10 Å². The summed E-state index contributed by atoms with van der Waals surface area (Å²) in [6, 6.07) is 0.758. The lowest BCUT2D eigenvalue weighted by molar-refractivity contribution is 0.0883. The maximum atomic E-state index is 9.82. The van der Waals surface area contributed by atoms with E-state index in [1.807, 2.05) is 0 Å². The summed E-state index contributed by atoms with van der Waals surface area (Å²) in [7, 11) is 0. The Morgan fingerprint density at radius 2 is 2.15 bits per heavy atom. The van der Waals surface area contributed by atoms with Gasteiger partial charge in [-0.1, -0.05) is 6.92 Å². The van der Waals surface area contributed by atoms with Crippen molar-refractivity contribution in [2.45, 2.75) is 51.2 Å². The van der Waals surface area contributed by atoms with E-state index >= 15 is 0 Å². The summed E-state index contributed by atoms with van der Waals surface area (Å²) in [6.07, 6.45) is 6.39. The van der Waals surface area contributed by atoms with Crippen molar-refractivity contribution in [2.24, 2.45) is 5.92 Å². The molecule has 2 atom stereocenters. The fraction of sp³-hybridized carbons (Fsp3) is 1.00. The molecule has 1 saturated heterocycles. The van der Waals surface area contributed by atoms with Crippen molar-refractivity contribution in [2.75, 3.05) is 13.1 Å². The van der Waals surface area contributed by atoms with Crippen LogP contribution in [0.2, 0.25) is 0 Å². The van der Waals surface area contributed by atoms with E-state index in [-0.39, 0.29) is 6.10 Å². The van der Waals surface area contributed by atoms with Crippen LogP contribution in [0.4, 0.5) is 0 Å². The average molecular weight is 183 g/mol. The van der Waals surface area contributed by atoms with Crippen LogP contribution in [-0.2, 0) is 0 Å². The number of rotatable bonds is 4. The van der Waals surface area contributed by atoms with Crippen molar-refractivity contribution < 1.29 is 5.11 Å². The molecule has 0 bridgehead atoms. The predicted molar refractivity (Wildman–Crippen MR) is 53.6 cm³/mol. The van der Waals surface area contributed by atoms with Crippen molar-refractivity contribution in [1.82, 2.24) is 4.90 Å². The van der Waals surface area contributed by atoms with Gasteiger partial charge < -0.3 is 5.11 Å². The van der Waals surface area contributed by atoms with E-state index in [0.29, 0.717) is 5.92 Å². The normalized spacial score (nSPS) is 32.3. The van der Waals surface area contributed by atoms with Gasteiger partial charge in [0.15, 0.2) is 0 Å². The maximum absolute atomic E-state index is 9.82. The lowest BCUT2D eigenvalue weighted by Gasteiger charge is -2.25. The van der Waals surface area contributed by atoms with Crippen molar-refractivity contribution >= 4 is 0 Å². The quantitative estimate of drug-likeness (QED) is 0.716. The molecule has 2 fully saturated rings. The van der Waals surface area contributed by atoms with Gasteiger partial charge in [0.1, 0.15) is 0 Å². The first-order valence-electron chi connectivity index (χ1n) is 5.73. The van der Waals surface area contributed by atoms with Crippen molar-refractivity contribution in [1.29, 1.82) is 0 Å². The van der Waals surface area contributed by atoms with Crippen LogP contribution in [0.1, 0.15) is 39.0 Å². The molecule has 2 rings (SSSR count). The standard InChI is InChI=1S/C11H21NO/c1-2-10-4-3-7-12(10)8-11(13)9-5-6-9/h9-11,13H,2-8H2,1H3. The van der Waals surface area contributed by atoms with Gasteiger partial charge in [-0.15, -0.1) is 0 Å². The average Bonchev–Trinajstić information content (AvgIpc) is 2.88. The van der Waals surface area contributed by atoms with Crippen molar-refractivity contribution in [3.63, 3.8) is 0 Å². The van der Waals surface area contributed by atoms with E-state index in [2.05, 4.69) is 11.8 Å². The molecule has 0 spiro atoms. The Morgan fingerprint density at radius 1 is 1.38 bits per heavy atom. The third-order valence-electron chi connectivity index (χ3n) is 3.56. The highest BCUT2D eigenvalue weighted by atomic mass is 16.3. The van der Waals surface area contributed by atoms with Crippen LogP contribution in [0.15, 0.2) is 0 Å². The van der Waals surface area contributed by atoms with Crippen LogP contribution in [0.5, 0.6) is 0 Å². The lowest BCUT2D eigenvalue weighted by atomic mass is 10.1. The predicted octanol–water partition coefficient (Wildman–Crippen LogP) is 1.63. The number of β-amino-alcohol motifs (C(OH)–C–C–N with tert-alkyl or cyclic N) is 1. The third-order valence-corrected chi connectivity index (χ3v) is 3.56. The summed E-state index contributed by atoms with van der Waals surface area (Å²) >= 11 is 0. The molecule has 1 heterocycles. The van der Waals surface area contributed by atoms with E-state index in [1.165, 1.54) is 38.6 Å². The van der Waals surface area contributed by atoms with Crippen LogP contribution < -0.4 is 0 Å². The van der Waals surface area contributed by atoms with Gasteiger partial charge in [-0.2, -0.15) is 0 Å². The summed E-state index contributed by atoms with van der Waals surface area (Å²) in [5, 5.41) is 9.82. The number of aliphatic hydroxyl groups excluding tert-OH is 1. The van der Waals surface area contributed by atoms with E-state index in [0.717, 1.165) is 12.6 Å². The Hall–Kier alpha value is -0.0800. The van der Waals surface area contributed by atoms with Crippen LogP contribution in [-0.4, -0.2) is 35.2 Å². The Morgan fingerprint density at radius 3 is 2.77 bits per heavy atom. The molecule has 1 N–H and O–H groups in total. The molecule has 0 aromatic carbocycles. The first kappa shape index (κ1) is 9.47. The SMILES string of the molecule is CCC1CCCN1CC(O)C1CC1. The Bertz CT molecular complexity index is 167. The zero-order valence-corrected chi connectivity index (χ0v) is 8.58. The molecule has 13 heavy (non-hydrogen) atoms. The molecule has 1 aliphatic carbocycles. The van der Waals surface area contributed by atoms with Gasteiger partial charge in [-0.25, -0.2) is 0 Å². The van der Waals surface area contributed by atoms with Gasteiger partial charge in [0.2, 0.25) is 0 Å². The highest BCUT2D eigenvalue weighted by Crippen LogP contribution is 2.33. The first-order chi connectivity index (χ1) is 6.31. The molecule has 0 radical (unpaired) electrons. The number of aliphatic hydroxyl groups is 1. The van der Waals surface area contributed by atoms with Crippen LogP contribution in [0.3, 0.4) is 0 Å². The van der Waals surface area contributed by atoms with Crippen LogP contribution in [0.25, 0.3) is 0 Å². The minimum Gasteiger partial charge on any atom is -0.392 e. The molecule has 1 aliphatic heterocycles. The minimum absolute atomic E-state index is 0.0350. The highest BCUT2D eigenvalue weighted by molar-refractivity contribution is 4.86. The molecule has 0 aromatic heterocycles. The summed E-state index contributed by atoms with van der Waals surface area (Å²) in [5.41, 5.74) is 0. The smallest absolute Gasteiger partial charge is 0.0695 e. The van der Waals surface area contributed by atoms with Crippen molar-refractivity contribution in [3.8, 4) is 0 Å². The highest BCUT2D eigenvalue weighted by Gasteiger charge is 2.33. The van der Waals surface area contributed by atoms with Gasteiger partial charge in [0, 0.05) is 12.6 Å². The molecule has 0 aromatic rings. The molecule has 2 unspecified atom stereocenters. The third kappa shape index (κ3) is 2.23. The second-order valence-electron chi connectivity index (χ2n) is 4.60. The fourth-order valence-corrected chi connectivity index (χ4v) is 2.47. The number of nitrogens with zero attached hydrogens (tertiary/aromatic N) is 1. The van der Waals surface area contributed by atoms with Gasteiger partial charge in [-0.05, 0) is 44.6 Å². The largest absolute Gasteiger partial charge is 0.392 e. The van der Waals surface area contributed by atoms with Crippen LogP contribution in [0, 0.1) is 5.92 Å². The van der Waals surface area contributed by atoms with E-state index in [1.54, 1.807) is 0 Å². The van der Waals surface area contributed by atoms with Gasteiger partial charge >= 0.3 is 0 Å². The zero-order chi connectivity index (χ0) is 9.26. The van der Waals surface area contributed by atoms with E-state index in [4.69, 9.17) is 0 Å². The fourth-order valence-electron chi connectivity index (χ4n) is 2.47. The molecule has 1 saturated carbocycles. The Labute approximate surface area is 80.9 Å². The molecule has 76 valence electrons. The molecule has 2 aliphatic rings. The van der Waals surface area contributed by atoms with E-state index < -0.39 is 0 Å². The summed E-state index contributed by atoms with van der Waals surface area (Å²) in [5.74, 6) is 0.637. The van der Waals surface area contributed by atoms with Gasteiger partial charge in [0.25, 0.3) is 0 Å². The molecule has 0 amide bonds. The van der Waals surface area contributed by atoms with Crippen LogP contribution >= 0.6 is 0 Å². The monoisotopic (exact) mass is 183 g/mol. The Kier molecular flexibility index (Phi) is 2.89. The molecule has 2 heteroatoms. The lowest BCUT2D eigenvalue weighted by Crippen LogP contribution is -2.36. The molecular weight excluding hydrogens is 162 g/mol. The Balaban J connectivity index is 1.78. The number of hydrogen-bond acceptors (Lipinski definition) is 2. The molecular formula is C11H21NO. The van der Waals surface area contributed by atoms with Crippen molar-refractivity contribution in [3.05, 3.63) is 0 Å². The summed E-state index contributed by atoms with van der Waals surface area (Å²) in [6.45, 7) is 4.40.